The van der Waals surface area contributed by atoms with Crippen LogP contribution in [0.2, 0.25) is 5.02 Å². The molecule has 0 aliphatic heterocycles. The maximum atomic E-state index is 12.5. The summed E-state index contributed by atoms with van der Waals surface area (Å²) in [5, 5.41) is 3.16. The number of halogens is 1. The summed E-state index contributed by atoms with van der Waals surface area (Å²) >= 11 is 6.10. The van der Waals surface area contributed by atoms with Crippen LogP contribution in [0.1, 0.15) is 24.9 Å². The van der Waals surface area contributed by atoms with Crippen LogP contribution < -0.4 is 9.62 Å². The molecule has 0 unspecified atom stereocenters. The van der Waals surface area contributed by atoms with Gasteiger partial charge in [-0.15, -0.1) is 0 Å². The van der Waals surface area contributed by atoms with E-state index in [4.69, 9.17) is 11.6 Å². The van der Waals surface area contributed by atoms with Gasteiger partial charge in [-0.25, -0.2) is 8.42 Å². The number of hydrogen-bond acceptors (Lipinski definition) is 3. The first-order chi connectivity index (χ1) is 11.8. The van der Waals surface area contributed by atoms with Gasteiger partial charge in [0.2, 0.25) is 15.9 Å². The maximum absolute atomic E-state index is 12.5. The molecule has 2 rings (SSSR count). The first-order valence-corrected chi connectivity index (χ1v) is 10.1. The molecule has 7 heteroatoms. The summed E-state index contributed by atoms with van der Waals surface area (Å²) in [4.78, 5) is 12.5. The van der Waals surface area contributed by atoms with Crippen LogP contribution in [0.25, 0.3) is 0 Å². The summed E-state index contributed by atoms with van der Waals surface area (Å²) in [6.45, 7) is 1.63. The maximum Gasteiger partial charge on any atom is 0.241 e. The molecular formula is C18H21ClN2O3S. The Labute approximate surface area is 153 Å². The van der Waals surface area contributed by atoms with E-state index in [9.17, 15) is 13.2 Å². The highest BCUT2D eigenvalue weighted by atomic mass is 35.5. The lowest BCUT2D eigenvalue weighted by Gasteiger charge is -2.24. The molecule has 2 aromatic carbocycles. The number of sulfonamides is 1. The Hall–Kier alpha value is -2.05. The Kier molecular flexibility index (Phi) is 6.45. The van der Waals surface area contributed by atoms with E-state index in [1.54, 1.807) is 24.3 Å². The third-order valence-electron chi connectivity index (χ3n) is 3.75. The lowest BCUT2D eigenvalue weighted by atomic mass is 10.0. The first kappa shape index (κ1) is 19.3. The van der Waals surface area contributed by atoms with Crippen molar-refractivity contribution in [2.75, 3.05) is 17.1 Å². The fourth-order valence-electron chi connectivity index (χ4n) is 2.51. The van der Waals surface area contributed by atoms with E-state index in [1.165, 1.54) is 0 Å². The molecule has 0 heterocycles. The Morgan fingerprint density at radius 3 is 2.28 bits per heavy atom. The zero-order chi connectivity index (χ0) is 18.4. The highest BCUT2D eigenvalue weighted by Crippen LogP contribution is 2.27. The van der Waals surface area contributed by atoms with E-state index in [-0.39, 0.29) is 29.2 Å². The van der Waals surface area contributed by atoms with Gasteiger partial charge in [-0.2, -0.15) is 0 Å². The van der Waals surface area contributed by atoms with E-state index in [0.29, 0.717) is 6.42 Å². The molecule has 25 heavy (non-hydrogen) atoms. The first-order valence-electron chi connectivity index (χ1n) is 7.89. The second kappa shape index (κ2) is 8.36. The van der Waals surface area contributed by atoms with E-state index in [2.05, 4.69) is 5.32 Å². The summed E-state index contributed by atoms with van der Waals surface area (Å²) in [5.74, 6) is -0.388. The summed E-state index contributed by atoms with van der Waals surface area (Å²) in [6.07, 6.45) is 1.75. The normalized spacial score (nSPS) is 12.4. The van der Waals surface area contributed by atoms with Gasteiger partial charge in [-0.05, 0) is 24.1 Å². The summed E-state index contributed by atoms with van der Waals surface area (Å²) in [7, 11) is -3.65. The molecule has 5 nitrogen and oxygen atoms in total. The number of benzene rings is 2. The smallest absolute Gasteiger partial charge is 0.241 e. The van der Waals surface area contributed by atoms with E-state index in [1.807, 2.05) is 37.3 Å². The number of amides is 1. The van der Waals surface area contributed by atoms with Crippen molar-refractivity contribution in [1.82, 2.24) is 5.32 Å². The Morgan fingerprint density at radius 1 is 1.12 bits per heavy atom. The minimum atomic E-state index is -3.65. The Bertz CT molecular complexity index is 825. The molecule has 1 N–H and O–H groups in total. The predicted octanol–water partition coefficient (Wildman–Crippen LogP) is 3.37. The number of carbonyl (C=O) groups is 1. The highest BCUT2D eigenvalue weighted by Gasteiger charge is 2.24. The van der Waals surface area contributed by atoms with Gasteiger partial charge in [0.1, 0.15) is 6.54 Å². The fraction of sp³-hybridized carbons (Fsp3) is 0.278. The van der Waals surface area contributed by atoms with Crippen LogP contribution in [0.5, 0.6) is 0 Å². The molecule has 1 atom stereocenters. The van der Waals surface area contributed by atoms with Crippen molar-refractivity contribution >= 4 is 33.2 Å². The molecule has 0 aromatic heterocycles. The van der Waals surface area contributed by atoms with Gasteiger partial charge in [0, 0.05) is 0 Å². The fourth-order valence-corrected chi connectivity index (χ4v) is 3.67. The van der Waals surface area contributed by atoms with Crippen molar-refractivity contribution in [3.63, 3.8) is 0 Å². The Balaban J connectivity index is 2.19. The van der Waals surface area contributed by atoms with Crippen molar-refractivity contribution in [3.8, 4) is 0 Å². The quantitative estimate of drug-likeness (QED) is 0.800. The van der Waals surface area contributed by atoms with Crippen LogP contribution in [0.4, 0.5) is 5.69 Å². The second-order valence-electron chi connectivity index (χ2n) is 5.66. The number of rotatable bonds is 7. The third kappa shape index (κ3) is 5.21. The van der Waals surface area contributed by atoms with Crippen molar-refractivity contribution in [2.45, 2.75) is 19.4 Å². The number of anilines is 1. The molecular weight excluding hydrogens is 360 g/mol. The van der Waals surface area contributed by atoms with E-state index in [0.717, 1.165) is 16.1 Å². The number of hydrogen-bond donors (Lipinski definition) is 1. The molecule has 0 bridgehead atoms. The molecule has 0 saturated carbocycles. The summed E-state index contributed by atoms with van der Waals surface area (Å²) in [6, 6.07) is 15.9. The van der Waals surface area contributed by atoms with Gasteiger partial charge < -0.3 is 5.32 Å². The van der Waals surface area contributed by atoms with Gasteiger partial charge in [0.25, 0.3) is 0 Å². The van der Waals surface area contributed by atoms with Crippen LogP contribution in [-0.4, -0.2) is 27.1 Å². The van der Waals surface area contributed by atoms with Crippen molar-refractivity contribution in [3.05, 3.63) is 65.2 Å². The van der Waals surface area contributed by atoms with Gasteiger partial charge in [-0.1, -0.05) is 61.0 Å². The zero-order valence-electron chi connectivity index (χ0n) is 14.1. The standard InChI is InChI=1S/C18H21ClN2O3S/c1-3-16(14-9-5-4-6-10-14)20-18(22)13-21(25(2,23)24)17-12-8-7-11-15(17)19/h4-12,16H,3,13H2,1-2H3,(H,20,22)/t16-/m1/s1. The third-order valence-corrected chi connectivity index (χ3v) is 5.20. The van der Waals surface area contributed by atoms with Crippen LogP contribution in [0, 0.1) is 0 Å². The molecule has 0 spiro atoms. The number of nitrogens with zero attached hydrogens (tertiary/aromatic N) is 1. The lowest BCUT2D eigenvalue weighted by molar-refractivity contribution is -0.120. The SMILES string of the molecule is CC[C@@H](NC(=O)CN(c1ccccc1Cl)S(C)(=O)=O)c1ccccc1. The summed E-state index contributed by atoms with van der Waals surface area (Å²) < 4.78 is 25.3. The molecule has 0 aliphatic carbocycles. The molecule has 0 aliphatic rings. The lowest BCUT2D eigenvalue weighted by Crippen LogP contribution is -2.41. The minimum absolute atomic E-state index is 0.179. The molecule has 0 radical (unpaired) electrons. The van der Waals surface area contributed by atoms with Gasteiger partial charge in [-0.3, -0.25) is 9.10 Å². The van der Waals surface area contributed by atoms with Gasteiger partial charge >= 0.3 is 0 Å². The Morgan fingerprint density at radius 2 is 1.72 bits per heavy atom. The minimum Gasteiger partial charge on any atom is -0.348 e. The molecule has 134 valence electrons. The van der Waals surface area contributed by atoms with Crippen molar-refractivity contribution < 1.29 is 13.2 Å². The van der Waals surface area contributed by atoms with Crippen LogP contribution in [0.3, 0.4) is 0 Å². The molecule has 0 saturated heterocycles. The molecule has 0 fully saturated rings. The number of para-hydroxylation sites is 1. The highest BCUT2D eigenvalue weighted by molar-refractivity contribution is 7.92. The zero-order valence-corrected chi connectivity index (χ0v) is 15.7. The van der Waals surface area contributed by atoms with Crippen molar-refractivity contribution in [1.29, 1.82) is 0 Å². The van der Waals surface area contributed by atoms with Gasteiger partial charge in [0.15, 0.2) is 0 Å². The van der Waals surface area contributed by atoms with Crippen LogP contribution in [0.15, 0.2) is 54.6 Å². The van der Waals surface area contributed by atoms with Crippen LogP contribution in [-0.2, 0) is 14.8 Å². The van der Waals surface area contributed by atoms with Gasteiger partial charge in [0.05, 0.1) is 23.0 Å². The topological polar surface area (TPSA) is 66.5 Å². The average molecular weight is 381 g/mol. The number of carbonyl (C=O) groups excluding carboxylic acids is 1. The predicted molar refractivity (Wildman–Crippen MR) is 101 cm³/mol. The average Bonchev–Trinajstić information content (AvgIpc) is 2.58. The van der Waals surface area contributed by atoms with Crippen molar-refractivity contribution in [2.24, 2.45) is 0 Å². The largest absolute Gasteiger partial charge is 0.348 e. The molecule has 1 amide bonds. The monoisotopic (exact) mass is 380 g/mol. The summed E-state index contributed by atoms with van der Waals surface area (Å²) in [5.41, 5.74) is 1.26. The second-order valence-corrected chi connectivity index (χ2v) is 7.97. The van der Waals surface area contributed by atoms with E-state index >= 15 is 0 Å². The van der Waals surface area contributed by atoms with Crippen LogP contribution >= 0.6 is 11.6 Å². The number of nitrogens with one attached hydrogen (secondary N) is 1. The molecule has 2 aromatic rings. The van der Waals surface area contributed by atoms with E-state index < -0.39 is 10.0 Å².